The van der Waals surface area contributed by atoms with Crippen LogP contribution in [0.5, 0.6) is 11.5 Å². The van der Waals surface area contributed by atoms with Crippen molar-refractivity contribution >= 4 is 26.6 Å². The number of aliphatic hydroxyl groups is 1. The molecule has 294 valence electrons. The second kappa shape index (κ2) is 18.5. The van der Waals surface area contributed by atoms with E-state index in [0.717, 1.165) is 32.4 Å². The Morgan fingerprint density at radius 2 is 1.32 bits per heavy atom. The Balaban J connectivity index is 1.24. The Hall–Kier alpha value is -4.97. The topological polar surface area (TPSA) is 110 Å². The van der Waals surface area contributed by atoms with E-state index in [2.05, 4.69) is 0 Å². The molecule has 0 spiro atoms. The third kappa shape index (κ3) is 8.96. The van der Waals surface area contributed by atoms with Crippen molar-refractivity contribution in [2.24, 2.45) is 0 Å². The summed E-state index contributed by atoms with van der Waals surface area (Å²) in [7, 11) is 3.24. The Morgan fingerprint density at radius 1 is 0.737 bits per heavy atom. The zero-order valence-electron chi connectivity index (χ0n) is 31.5. The first-order valence-electron chi connectivity index (χ1n) is 18.4. The monoisotopic (exact) mass is 854 g/mol. The molecule has 1 aliphatic rings. The number of halogens is 1. The number of aromatic nitrogens is 2. The van der Waals surface area contributed by atoms with Crippen LogP contribution in [0.15, 0.2) is 155 Å². The molecule has 10 nitrogen and oxygen atoms in total. The SMILES string of the molecule is COc1ccc(C(OC[C@H]2O[C@@H](n3ccc(=O)n(COCc4ccccc4)c3=O)[C@H]([Se]Cc3ccc(Cl)cc3)[C@@H]2O)(c2ccccc2)c2ccc(OC)cc2)cc1. The number of aliphatic hydroxyl groups excluding tert-OH is 1. The van der Waals surface area contributed by atoms with E-state index in [1.165, 1.54) is 16.8 Å². The van der Waals surface area contributed by atoms with Crippen molar-refractivity contribution < 1.29 is 28.8 Å². The molecule has 0 unspecified atom stereocenters. The molecule has 12 heteroatoms. The predicted molar refractivity (Wildman–Crippen MR) is 219 cm³/mol. The molecule has 57 heavy (non-hydrogen) atoms. The number of hydrogen-bond acceptors (Lipinski definition) is 8. The molecule has 5 aromatic carbocycles. The molecule has 0 saturated carbocycles. The molecule has 7 rings (SSSR count). The molecule has 4 atom stereocenters. The standard InChI is InChI=1S/C45H43ClN2O8Se/c1-52-37-21-15-34(16-22-37)45(33-11-7-4-8-12-33,35-17-23-38(53-2)24-18-35)55-28-39-41(50)42(57-29-32-13-19-36(46)20-14-32)43(56-39)47-26-25-40(49)48(44(47)51)30-54-27-31-9-5-3-6-10-31/h3-26,39,41-43,50H,27-30H2,1-2H3/t39-,41-,42-,43-/m1/s1. The summed E-state index contributed by atoms with van der Waals surface area (Å²) in [5, 5.41) is 13.4. The average molecular weight is 854 g/mol. The van der Waals surface area contributed by atoms with Gasteiger partial charge in [0, 0.05) is 0 Å². The third-order valence-electron chi connectivity index (χ3n) is 10.0. The summed E-state index contributed by atoms with van der Waals surface area (Å²) in [6.07, 6.45) is -1.34. The maximum atomic E-state index is 14.1. The molecule has 0 bridgehead atoms. The second-order valence-corrected chi connectivity index (χ2v) is 16.4. The summed E-state index contributed by atoms with van der Waals surface area (Å²) in [6, 6.07) is 43.7. The molecule has 2 heterocycles. The minimum atomic E-state index is -1.16. The maximum absolute atomic E-state index is 14.1. The molecule has 0 aliphatic carbocycles. The summed E-state index contributed by atoms with van der Waals surface area (Å²) >= 11 is 5.90. The summed E-state index contributed by atoms with van der Waals surface area (Å²) < 4.78 is 33.1. The average Bonchev–Trinajstić information content (AvgIpc) is 3.57. The first-order valence-corrected chi connectivity index (χ1v) is 21.0. The molecule has 0 amide bonds. The van der Waals surface area contributed by atoms with Crippen molar-refractivity contribution in [1.82, 2.24) is 9.13 Å². The van der Waals surface area contributed by atoms with Gasteiger partial charge in [-0.2, -0.15) is 0 Å². The van der Waals surface area contributed by atoms with Crippen molar-refractivity contribution in [2.75, 3.05) is 20.8 Å². The summed E-state index contributed by atoms with van der Waals surface area (Å²) in [6.45, 7) is -0.0795. The van der Waals surface area contributed by atoms with Crippen LogP contribution in [0.2, 0.25) is 9.84 Å². The van der Waals surface area contributed by atoms with E-state index in [4.69, 9.17) is 35.3 Å². The van der Waals surface area contributed by atoms with Gasteiger partial charge in [-0.3, -0.25) is 0 Å². The van der Waals surface area contributed by atoms with E-state index in [0.29, 0.717) is 21.8 Å². The second-order valence-electron chi connectivity index (χ2n) is 13.5. The van der Waals surface area contributed by atoms with Crippen molar-refractivity contribution in [3.05, 3.63) is 199 Å². The molecule has 1 fully saturated rings. The van der Waals surface area contributed by atoms with Gasteiger partial charge in [-0.25, -0.2) is 0 Å². The Bertz CT molecular complexity index is 2270. The van der Waals surface area contributed by atoms with Crippen molar-refractivity contribution in [3.8, 4) is 11.5 Å². The Kier molecular flexibility index (Phi) is 13.1. The molecular weight excluding hydrogens is 811 g/mol. The Morgan fingerprint density at radius 3 is 1.91 bits per heavy atom. The van der Waals surface area contributed by atoms with Crippen LogP contribution < -0.4 is 20.7 Å². The quantitative estimate of drug-likeness (QED) is 0.0836. The molecule has 0 radical (unpaired) electrons. The van der Waals surface area contributed by atoms with Crippen molar-refractivity contribution in [2.45, 2.75) is 47.5 Å². The molecule has 6 aromatic rings. The van der Waals surface area contributed by atoms with E-state index in [1.54, 1.807) is 14.2 Å². The van der Waals surface area contributed by atoms with Gasteiger partial charge in [-0.1, -0.05) is 0 Å². The number of ether oxygens (including phenoxy) is 5. The van der Waals surface area contributed by atoms with Gasteiger partial charge in [0.2, 0.25) is 0 Å². The minimum absolute atomic E-state index is 0.0489. The van der Waals surface area contributed by atoms with E-state index in [-0.39, 0.29) is 34.9 Å². The number of nitrogens with zero attached hydrogens (tertiary/aromatic N) is 2. The van der Waals surface area contributed by atoms with Gasteiger partial charge in [0.1, 0.15) is 0 Å². The molecule has 1 aromatic heterocycles. The van der Waals surface area contributed by atoms with Crippen molar-refractivity contribution in [3.63, 3.8) is 0 Å². The molecular formula is C45H43ClN2O8Se. The normalized spacial score (nSPS) is 18.0. The zero-order chi connectivity index (χ0) is 39.8. The van der Waals surface area contributed by atoms with Gasteiger partial charge >= 0.3 is 344 Å². The van der Waals surface area contributed by atoms with E-state index >= 15 is 0 Å². The molecule has 1 aliphatic heterocycles. The molecule has 1 N–H and O–H groups in total. The zero-order valence-corrected chi connectivity index (χ0v) is 33.9. The van der Waals surface area contributed by atoms with Gasteiger partial charge in [-0.15, -0.1) is 0 Å². The van der Waals surface area contributed by atoms with E-state index in [1.807, 2.05) is 133 Å². The fourth-order valence-corrected chi connectivity index (χ4v) is 9.86. The predicted octanol–water partition coefficient (Wildman–Crippen LogP) is 6.81. The first-order chi connectivity index (χ1) is 27.8. The van der Waals surface area contributed by atoms with Crippen LogP contribution >= 0.6 is 11.6 Å². The fraction of sp³-hybridized carbons (Fsp3) is 0.244. The van der Waals surface area contributed by atoms with Crippen LogP contribution in [-0.4, -0.2) is 62.2 Å². The summed E-state index contributed by atoms with van der Waals surface area (Å²) in [5.74, 6) is 1.38. The van der Waals surface area contributed by atoms with Gasteiger partial charge in [0.25, 0.3) is 0 Å². The van der Waals surface area contributed by atoms with Crippen LogP contribution in [0.3, 0.4) is 0 Å². The van der Waals surface area contributed by atoms with Gasteiger partial charge in [0.05, 0.1) is 0 Å². The number of hydrogen-bond donors (Lipinski definition) is 1. The van der Waals surface area contributed by atoms with Crippen molar-refractivity contribution in [1.29, 1.82) is 0 Å². The Labute approximate surface area is 342 Å². The van der Waals surface area contributed by atoms with E-state index in [9.17, 15) is 14.7 Å². The van der Waals surface area contributed by atoms with E-state index < -0.39 is 40.1 Å². The van der Waals surface area contributed by atoms with Crippen LogP contribution in [0.25, 0.3) is 0 Å². The first kappa shape index (κ1) is 40.2. The number of methoxy groups -OCH3 is 2. The van der Waals surface area contributed by atoms with Crippen LogP contribution in [0.4, 0.5) is 0 Å². The number of rotatable bonds is 16. The van der Waals surface area contributed by atoms with Gasteiger partial charge in [0.15, 0.2) is 0 Å². The van der Waals surface area contributed by atoms with Crippen LogP contribution in [-0.2, 0) is 38.5 Å². The number of benzene rings is 5. The van der Waals surface area contributed by atoms with Gasteiger partial charge in [-0.05, 0) is 0 Å². The summed E-state index contributed by atoms with van der Waals surface area (Å²) in [4.78, 5) is 26.6. The fourth-order valence-electron chi connectivity index (χ4n) is 6.99. The van der Waals surface area contributed by atoms with Crippen LogP contribution in [0, 0.1) is 0 Å². The van der Waals surface area contributed by atoms with Gasteiger partial charge < -0.3 is 0 Å². The van der Waals surface area contributed by atoms with Crippen LogP contribution in [0.1, 0.15) is 34.0 Å². The third-order valence-corrected chi connectivity index (χ3v) is 13.2. The summed E-state index contributed by atoms with van der Waals surface area (Å²) in [5.41, 5.74) is 2.19. The molecule has 1 saturated heterocycles.